The first-order valence-electron chi connectivity index (χ1n) is 4.57. The second kappa shape index (κ2) is 4.40. The Hall–Kier alpha value is -0.420. The van der Waals surface area contributed by atoms with Crippen LogP contribution in [0.3, 0.4) is 0 Å². The summed E-state index contributed by atoms with van der Waals surface area (Å²) in [5, 5.41) is 1.99. The number of aromatic nitrogens is 1. The van der Waals surface area contributed by atoms with E-state index in [4.69, 9.17) is 0 Å². The van der Waals surface area contributed by atoms with Gasteiger partial charge >= 0.3 is 0 Å². The van der Waals surface area contributed by atoms with E-state index in [9.17, 15) is 4.79 Å². The normalized spacial score (nSPS) is 22.8. The highest BCUT2D eigenvalue weighted by Crippen LogP contribution is 2.20. The summed E-state index contributed by atoms with van der Waals surface area (Å²) >= 11 is 4.96. The van der Waals surface area contributed by atoms with Gasteiger partial charge in [0.25, 0.3) is 0 Å². The minimum absolute atomic E-state index is 0.00915. The van der Waals surface area contributed by atoms with Gasteiger partial charge in [0.05, 0.1) is 22.6 Å². The molecule has 1 atom stereocenters. The summed E-state index contributed by atoms with van der Waals surface area (Å²) in [5.41, 5.74) is 2.79. The first-order valence-corrected chi connectivity index (χ1v) is 6.43. The Morgan fingerprint density at radius 2 is 2.57 bits per heavy atom. The second-order valence-corrected chi connectivity index (χ2v) is 5.17. The molecule has 1 saturated heterocycles. The Balaban J connectivity index is 2.00. The summed E-state index contributed by atoms with van der Waals surface area (Å²) in [5.74, 6) is 0.198. The summed E-state index contributed by atoms with van der Waals surface area (Å²) in [6.45, 7) is 1.52. The zero-order valence-corrected chi connectivity index (χ0v) is 10.1. The van der Waals surface area contributed by atoms with Crippen molar-refractivity contribution in [1.82, 2.24) is 9.88 Å². The fraction of sp³-hybridized carbons (Fsp3) is 0.556. The molecule has 3 nitrogen and oxygen atoms in total. The van der Waals surface area contributed by atoms with Crippen molar-refractivity contribution >= 4 is 33.2 Å². The molecule has 76 valence electrons. The van der Waals surface area contributed by atoms with E-state index in [1.165, 1.54) is 0 Å². The predicted molar refractivity (Wildman–Crippen MR) is 59.5 cm³/mol. The molecule has 2 heterocycles. The Labute approximate surface area is 95.3 Å². The van der Waals surface area contributed by atoms with Crippen molar-refractivity contribution in [2.75, 3.05) is 6.54 Å². The summed E-state index contributed by atoms with van der Waals surface area (Å²) in [4.78, 5) is 17.8. The van der Waals surface area contributed by atoms with Crippen LogP contribution in [0.1, 0.15) is 18.5 Å². The van der Waals surface area contributed by atoms with Crippen LogP contribution in [-0.4, -0.2) is 27.2 Å². The smallest absolute Gasteiger partial charge is 0.236 e. The summed E-state index contributed by atoms with van der Waals surface area (Å²) in [7, 11) is 0. The molecule has 1 aromatic rings. The van der Waals surface area contributed by atoms with Crippen LogP contribution in [-0.2, 0) is 11.3 Å². The molecule has 0 radical (unpaired) electrons. The highest BCUT2D eigenvalue weighted by atomic mass is 79.9. The minimum atomic E-state index is 0.00915. The van der Waals surface area contributed by atoms with E-state index >= 15 is 0 Å². The molecule has 0 aromatic carbocycles. The van der Waals surface area contributed by atoms with E-state index in [2.05, 4.69) is 20.9 Å². The molecule has 1 aliphatic heterocycles. The van der Waals surface area contributed by atoms with E-state index in [1.807, 2.05) is 10.3 Å². The SMILES string of the molecule is O=C1C(Br)CCCN1Cc1cscn1. The van der Waals surface area contributed by atoms with Crippen LogP contribution in [0.25, 0.3) is 0 Å². The van der Waals surface area contributed by atoms with Crippen molar-refractivity contribution in [3.8, 4) is 0 Å². The van der Waals surface area contributed by atoms with Crippen molar-refractivity contribution in [2.24, 2.45) is 0 Å². The van der Waals surface area contributed by atoms with Crippen LogP contribution in [0.2, 0.25) is 0 Å². The molecule has 2 rings (SSSR count). The third-order valence-electron chi connectivity index (χ3n) is 2.30. The van der Waals surface area contributed by atoms with E-state index in [0.717, 1.165) is 25.1 Å². The first-order chi connectivity index (χ1) is 6.77. The molecule has 0 aliphatic carbocycles. The topological polar surface area (TPSA) is 33.2 Å². The molecule has 1 unspecified atom stereocenters. The number of carbonyl (C=O) groups excluding carboxylic acids is 1. The number of rotatable bonds is 2. The number of alkyl halides is 1. The maximum atomic E-state index is 11.7. The number of carbonyl (C=O) groups is 1. The largest absolute Gasteiger partial charge is 0.336 e. The lowest BCUT2D eigenvalue weighted by molar-refractivity contribution is -0.133. The van der Waals surface area contributed by atoms with Crippen molar-refractivity contribution in [3.63, 3.8) is 0 Å². The third-order valence-corrected chi connectivity index (χ3v) is 3.79. The van der Waals surface area contributed by atoms with Gasteiger partial charge in [-0.1, -0.05) is 15.9 Å². The van der Waals surface area contributed by atoms with Gasteiger partial charge in [-0.3, -0.25) is 4.79 Å². The van der Waals surface area contributed by atoms with Crippen LogP contribution in [0.4, 0.5) is 0 Å². The number of amides is 1. The van der Waals surface area contributed by atoms with Crippen molar-refractivity contribution in [2.45, 2.75) is 24.2 Å². The standard InChI is InChI=1S/C9H11BrN2OS/c10-8-2-1-3-12(9(8)13)4-7-5-14-6-11-7/h5-6,8H,1-4H2. The zero-order valence-electron chi connectivity index (χ0n) is 7.65. The van der Waals surface area contributed by atoms with Gasteiger partial charge in [-0.15, -0.1) is 11.3 Å². The number of hydrogen-bond donors (Lipinski definition) is 0. The fourth-order valence-electron chi connectivity index (χ4n) is 1.56. The average molecular weight is 275 g/mol. The fourth-order valence-corrected chi connectivity index (χ4v) is 2.72. The van der Waals surface area contributed by atoms with Gasteiger partial charge in [0.2, 0.25) is 5.91 Å². The van der Waals surface area contributed by atoms with E-state index in [-0.39, 0.29) is 10.7 Å². The maximum absolute atomic E-state index is 11.7. The Kier molecular flexibility index (Phi) is 3.18. The van der Waals surface area contributed by atoms with Gasteiger partial charge in [-0.25, -0.2) is 4.98 Å². The molecule has 5 heteroatoms. The molecular formula is C9H11BrN2OS. The van der Waals surface area contributed by atoms with E-state index in [1.54, 1.807) is 16.8 Å². The highest BCUT2D eigenvalue weighted by Gasteiger charge is 2.26. The minimum Gasteiger partial charge on any atom is -0.336 e. The number of piperidine rings is 1. The van der Waals surface area contributed by atoms with Crippen molar-refractivity contribution in [1.29, 1.82) is 0 Å². The van der Waals surface area contributed by atoms with Crippen molar-refractivity contribution in [3.05, 3.63) is 16.6 Å². The van der Waals surface area contributed by atoms with Crippen LogP contribution < -0.4 is 0 Å². The molecule has 1 aliphatic rings. The van der Waals surface area contributed by atoms with E-state index < -0.39 is 0 Å². The van der Waals surface area contributed by atoms with Gasteiger partial charge in [-0.05, 0) is 12.8 Å². The molecule has 1 amide bonds. The lowest BCUT2D eigenvalue weighted by Gasteiger charge is -2.29. The molecule has 0 bridgehead atoms. The molecule has 14 heavy (non-hydrogen) atoms. The monoisotopic (exact) mass is 274 g/mol. The lowest BCUT2D eigenvalue weighted by atomic mass is 10.1. The molecule has 0 spiro atoms. The van der Waals surface area contributed by atoms with Crippen molar-refractivity contribution < 1.29 is 4.79 Å². The van der Waals surface area contributed by atoms with Gasteiger partial charge in [-0.2, -0.15) is 0 Å². The van der Waals surface area contributed by atoms with Crippen LogP contribution in [0, 0.1) is 0 Å². The lowest BCUT2D eigenvalue weighted by Crippen LogP contribution is -2.41. The third kappa shape index (κ3) is 2.15. The molecule has 1 fully saturated rings. The second-order valence-electron chi connectivity index (χ2n) is 3.35. The summed E-state index contributed by atoms with van der Waals surface area (Å²) < 4.78 is 0. The summed E-state index contributed by atoms with van der Waals surface area (Å²) in [6.07, 6.45) is 2.03. The number of nitrogens with zero attached hydrogens (tertiary/aromatic N) is 2. The Morgan fingerprint density at radius 3 is 3.29 bits per heavy atom. The highest BCUT2D eigenvalue weighted by molar-refractivity contribution is 9.10. The van der Waals surface area contributed by atoms with Gasteiger partial charge in [0, 0.05) is 11.9 Å². The number of likely N-dealkylation sites (tertiary alicyclic amines) is 1. The van der Waals surface area contributed by atoms with Gasteiger partial charge in [0.1, 0.15) is 0 Å². The average Bonchev–Trinajstić information content (AvgIpc) is 2.66. The summed E-state index contributed by atoms with van der Waals surface area (Å²) in [6, 6.07) is 0. The number of thiazole rings is 1. The van der Waals surface area contributed by atoms with Crippen LogP contribution >= 0.6 is 27.3 Å². The maximum Gasteiger partial charge on any atom is 0.236 e. The molecule has 0 saturated carbocycles. The quantitative estimate of drug-likeness (QED) is 0.774. The molecule has 0 N–H and O–H groups in total. The van der Waals surface area contributed by atoms with Crippen LogP contribution in [0.15, 0.2) is 10.9 Å². The number of halogens is 1. The number of hydrogen-bond acceptors (Lipinski definition) is 3. The first kappa shape index (κ1) is 10.1. The van der Waals surface area contributed by atoms with E-state index in [0.29, 0.717) is 6.54 Å². The Morgan fingerprint density at radius 1 is 1.71 bits per heavy atom. The molecule has 1 aromatic heterocycles. The predicted octanol–water partition coefficient (Wildman–Crippen LogP) is 2.03. The molecular weight excluding hydrogens is 264 g/mol. The van der Waals surface area contributed by atoms with Gasteiger partial charge < -0.3 is 4.90 Å². The zero-order chi connectivity index (χ0) is 9.97. The van der Waals surface area contributed by atoms with Gasteiger partial charge in [0.15, 0.2) is 0 Å². The Bertz CT molecular complexity index is 315. The van der Waals surface area contributed by atoms with Crippen LogP contribution in [0.5, 0.6) is 0 Å².